The molecule has 2 aliphatic heterocycles. The lowest BCUT2D eigenvalue weighted by atomic mass is 9.84. The molecule has 2 aromatic rings. The van der Waals surface area contributed by atoms with E-state index in [9.17, 15) is 20.1 Å². The fraction of sp³-hybridized carbons (Fsp3) is 0.591. The summed E-state index contributed by atoms with van der Waals surface area (Å²) in [5.41, 5.74) is 0.675. The Kier molecular flexibility index (Phi) is 5.55. The number of aryl methyl sites for hydroxylation is 1. The average Bonchev–Trinajstić information content (AvgIpc) is 2.67. The lowest BCUT2D eigenvalue weighted by Gasteiger charge is -2.35. The molecule has 0 amide bonds. The number of aliphatic hydroxyl groups excluding tert-OH is 1. The maximum Gasteiger partial charge on any atom is 0.196 e. The van der Waals surface area contributed by atoms with Gasteiger partial charge in [-0.05, 0) is 52.9 Å². The monoisotopic (exact) mass is 402 g/mol. The minimum Gasteiger partial charge on any atom is -0.507 e. The van der Waals surface area contributed by atoms with Crippen molar-refractivity contribution in [2.45, 2.75) is 51.2 Å². The Morgan fingerprint density at radius 2 is 1.86 bits per heavy atom. The van der Waals surface area contributed by atoms with Gasteiger partial charge in [-0.3, -0.25) is 9.69 Å². The van der Waals surface area contributed by atoms with Gasteiger partial charge in [0, 0.05) is 30.6 Å². The van der Waals surface area contributed by atoms with Crippen molar-refractivity contribution in [2.75, 3.05) is 33.2 Å². The summed E-state index contributed by atoms with van der Waals surface area (Å²) in [7, 11) is 1.94. The molecule has 29 heavy (non-hydrogen) atoms. The lowest BCUT2D eigenvalue weighted by Crippen LogP contribution is -2.40. The maximum absolute atomic E-state index is 12.8. The molecule has 0 radical (unpaired) electrons. The van der Waals surface area contributed by atoms with E-state index in [0.29, 0.717) is 36.4 Å². The van der Waals surface area contributed by atoms with Crippen LogP contribution in [0.15, 0.2) is 15.3 Å². The summed E-state index contributed by atoms with van der Waals surface area (Å²) in [6, 6.07) is 1.36. The van der Waals surface area contributed by atoms with E-state index in [2.05, 4.69) is 4.90 Å². The largest absolute Gasteiger partial charge is 0.507 e. The van der Waals surface area contributed by atoms with Crippen molar-refractivity contribution < 1.29 is 19.7 Å². The van der Waals surface area contributed by atoms with E-state index >= 15 is 0 Å². The molecule has 1 aromatic heterocycles. The molecule has 0 saturated carbocycles. The molecule has 7 heteroatoms. The second-order valence-corrected chi connectivity index (χ2v) is 8.58. The fourth-order valence-corrected chi connectivity index (χ4v) is 4.82. The van der Waals surface area contributed by atoms with Crippen molar-refractivity contribution in [3.8, 4) is 11.5 Å². The average molecular weight is 402 g/mol. The highest BCUT2D eigenvalue weighted by Gasteiger charge is 2.35. The van der Waals surface area contributed by atoms with Gasteiger partial charge in [-0.25, -0.2) is 0 Å². The maximum atomic E-state index is 12.8. The first-order valence-corrected chi connectivity index (χ1v) is 10.5. The topological polar surface area (TPSA) is 97.4 Å². The van der Waals surface area contributed by atoms with Crippen molar-refractivity contribution in [3.63, 3.8) is 0 Å². The van der Waals surface area contributed by atoms with Gasteiger partial charge < -0.3 is 24.6 Å². The van der Waals surface area contributed by atoms with Gasteiger partial charge in [-0.1, -0.05) is 6.42 Å². The van der Waals surface area contributed by atoms with E-state index in [1.807, 2.05) is 11.9 Å². The first kappa shape index (κ1) is 20.2. The molecule has 4 rings (SSSR count). The molecule has 2 aliphatic rings. The Morgan fingerprint density at radius 3 is 2.55 bits per heavy atom. The third-order valence-electron chi connectivity index (χ3n) is 6.37. The van der Waals surface area contributed by atoms with Crippen molar-refractivity contribution in [1.29, 1.82) is 0 Å². The number of nitrogens with zero attached hydrogens (tertiary/aromatic N) is 2. The van der Waals surface area contributed by atoms with Crippen LogP contribution in [-0.2, 0) is 6.54 Å². The van der Waals surface area contributed by atoms with Crippen molar-refractivity contribution in [2.24, 2.45) is 0 Å². The van der Waals surface area contributed by atoms with Crippen molar-refractivity contribution in [1.82, 2.24) is 9.80 Å². The number of likely N-dealkylation sites (tertiary alicyclic amines) is 2. The van der Waals surface area contributed by atoms with Gasteiger partial charge in [0.25, 0.3) is 0 Å². The molecule has 0 bridgehead atoms. The van der Waals surface area contributed by atoms with Gasteiger partial charge in [0.1, 0.15) is 28.2 Å². The summed E-state index contributed by atoms with van der Waals surface area (Å²) in [6.45, 7) is 5.07. The number of phenols is 2. The van der Waals surface area contributed by atoms with Gasteiger partial charge in [-0.2, -0.15) is 0 Å². The van der Waals surface area contributed by atoms with E-state index in [1.165, 1.54) is 12.5 Å². The molecule has 2 unspecified atom stereocenters. The zero-order valence-electron chi connectivity index (χ0n) is 17.1. The van der Waals surface area contributed by atoms with Crippen LogP contribution < -0.4 is 5.43 Å². The van der Waals surface area contributed by atoms with E-state index in [1.54, 1.807) is 6.92 Å². The zero-order valence-corrected chi connectivity index (χ0v) is 17.1. The van der Waals surface area contributed by atoms with E-state index in [0.717, 1.165) is 32.5 Å². The fourth-order valence-electron chi connectivity index (χ4n) is 4.82. The Morgan fingerprint density at radius 1 is 1.14 bits per heavy atom. The summed E-state index contributed by atoms with van der Waals surface area (Å²) in [5.74, 6) is -0.209. The number of benzene rings is 1. The van der Waals surface area contributed by atoms with Crippen LogP contribution in [0.3, 0.4) is 0 Å². The third-order valence-corrected chi connectivity index (χ3v) is 6.37. The molecule has 1 aromatic carbocycles. The Hall–Kier alpha value is -2.09. The van der Waals surface area contributed by atoms with Crippen molar-refractivity contribution >= 4 is 11.0 Å². The SMILES string of the molecule is Cc1cc(=O)c2c(O)c(CN3CCCCC3)c(O)c(C3CCN(C)CC3O)c2o1. The summed E-state index contributed by atoms with van der Waals surface area (Å²) in [6.07, 6.45) is 3.28. The molecule has 7 nitrogen and oxygen atoms in total. The quantitative estimate of drug-likeness (QED) is 0.725. The number of hydrogen-bond acceptors (Lipinski definition) is 7. The number of aromatic hydroxyl groups is 2. The number of piperidine rings is 2. The normalized spacial score (nSPS) is 24.2. The predicted molar refractivity (Wildman–Crippen MR) is 111 cm³/mol. The van der Waals surface area contributed by atoms with Crippen LogP contribution in [0.25, 0.3) is 11.0 Å². The summed E-state index contributed by atoms with van der Waals surface area (Å²) >= 11 is 0. The zero-order chi connectivity index (χ0) is 20.7. The van der Waals surface area contributed by atoms with Crippen LogP contribution >= 0.6 is 0 Å². The van der Waals surface area contributed by atoms with Gasteiger partial charge >= 0.3 is 0 Å². The minimum atomic E-state index is -0.693. The first-order valence-electron chi connectivity index (χ1n) is 10.5. The molecule has 2 saturated heterocycles. The smallest absolute Gasteiger partial charge is 0.196 e. The number of rotatable bonds is 3. The Balaban J connectivity index is 1.91. The molecule has 2 fully saturated rings. The standard InChI is InChI=1S/C22H30N2O5/c1-13-10-16(25)19-21(28)15(11-24-7-4-3-5-8-24)20(27)18(22(19)29-13)14-6-9-23(2)12-17(14)26/h10,14,17,26-28H,3-9,11-12H2,1-2H3. The molecule has 0 aliphatic carbocycles. The van der Waals surface area contributed by atoms with Crippen LogP contribution in [0.1, 0.15) is 48.5 Å². The van der Waals surface area contributed by atoms with Crippen molar-refractivity contribution in [3.05, 3.63) is 33.2 Å². The second kappa shape index (κ2) is 7.97. The molecule has 3 N–H and O–H groups in total. The number of aliphatic hydroxyl groups is 1. The number of hydrogen-bond donors (Lipinski definition) is 3. The minimum absolute atomic E-state index is 0.0528. The lowest BCUT2D eigenvalue weighted by molar-refractivity contribution is 0.0629. The highest BCUT2D eigenvalue weighted by molar-refractivity contribution is 5.90. The number of phenolic OH excluding ortho intramolecular Hbond substituents is 2. The third kappa shape index (κ3) is 3.74. The Labute approximate surface area is 170 Å². The van der Waals surface area contributed by atoms with Gasteiger partial charge in [0.15, 0.2) is 5.43 Å². The van der Waals surface area contributed by atoms with E-state index in [4.69, 9.17) is 4.42 Å². The van der Waals surface area contributed by atoms with E-state index in [-0.39, 0.29) is 33.8 Å². The number of likely N-dealkylation sites (N-methyl/N-ethyl adjacent to an activating group) is 1. The Bertz CT molecular complexity index is 964. The predicted octanol–water partition coefficient (Wildman–Crippen LogP) is 2.28. The molecule has 2 atom stereocenters. The van der Waals surface area contributed by atoms with Gasteiger partial charge in [0.05, 0.1) is 11.7 Å². The van der Waals surface area contributed by atoms with E-state index < -0.39 is 6.10 Å². The molecule has 158 valence electrons. The number of fused-ring (bicyclic) bond motifs is 1. The van der Waals surface area contributed by atoms with Crippen LogP contribution in [0.2, 0.25) is 0 Å². The first-order chi connectivity index (χ1) is 13.9. The second-order valence-electron chi connectivity index (χ2n) is 8.58. The molecular formula is C22H30N2O5. The van der Waals surface area contributed by atoms with Crippen LogP contribution in [0, 0.1) is 6.92 Å². The summed E-state index contributed by atoms with van der Waals surface area (Å²) < 4.78 is 5.85. The summed E-state index contributed by atoms with van der Waals surface area (Å²) in [5, 5.41) is 33.0. The number of β-amino-alcohol motifs (C(OH)–C–C–N with tert-alkyl or cyclic N) is 1. The van der Waals surface area contributed by atoms with Gasteiger partial charge in [0.2, 0.25) is 0 Å². The molecule has 0 spiro atoms. The van der Waals surface area contributed by atoms with Crippen LogP contribution in [0.5, 0.6) is 11.5 Å². The van der Waals surface area contributed by atoms with Gasteiger partial charge in [-0.15, -0.1) is 0 Å². The highest BCUT2D eigenvalue weighted by atomic mass is 16.3. The summed E-state index contributed by atoms with van der Waals surface area (Å²) in [4.78, 5) is 17.0. The highest BCUT2D eigenvalue weighted by Crippen LogP contribution is 2.45. The van der Waals surface area contributed by atoms with Crippen LogP contribution in [0.4, 0.5) is 0 Å². The van der Waals surface area contributed by atoms with Crippen LogP contribution in [-0.4, -0.2) is 64.5 Å². The molecular weight excluding hydrogens is 372 g/mol. The molecule has 3 heterocycles.